The summed E-state index contributed by atoms with van der Waals surface area (Å²) in [7, 11) is 0. The second kappa shape index (κ2) is 4.73. The Balaban J connectivity index is 1.51. The van der Waals surface area contributed by atoms with E-state index in [0.29, 0.717) is 17.6 Å². The highest BCUT2D eigenvalue weighted by Crippen LogP contribution is 2.61. The fourth-order valence-electron chi connectivity index (χ4n) is 6.28. The van der Waals surface area contributed by atoms with E-state index in [1.807, 2.05) is 0 Å². The van der Waals surface area contributed by atoms with E-state index < -0.39 is 0 Å². The molecule has 0 aliphatic heterocycles. The minimum atomic E-state index is 0.365. The van der Waals surface area contributed by atoms with Crippen LogP contribution in [0.5, 0.6) is 0 Å². The van der Waals surface area contributed by atoms with E-state index in [1.165, 1.54) is 64.2 Å². The molecule has 5 aliphatic rings. The molecule has 108 valence electrons. The third-order valence-electron chi connectivity index (χ3n) is 6.64. The molecule has 0 amide bonds. The summed E-state index contributed by atoms with van der Waals surface area (Å²) in [4.78, 5) is 0. The van der Waals surface area contributed by atoms with Crippen LogP contribution in [0, 0.1) is 23.2 Å². The van der Waals surface area contributed by atoms with E-state index in [4.69, 9.17) is 10.5 Å². The zero-order valence-electron chi connectivity index (χ0n) is 12.2. The topological polar surface area (TPSA) is 35.2 Å². The Morgan fingerprint density at radius 2 is 1.47 bits per heavy atom. The highest BCUT2D eigenvalue weighted by atomic mass is 16.5. The van der Waals surface area contributed by atoms with Crippen LogP contribution in [0.4, 0.5) is 0 Å². The Hall–Kier alpha value is -0.0800. The van der Waals surface area contributed by atoms with Crippen LogP contribution in [0.2, 0.25) is 0 Å². The van der Waals surface area contributed by atoms with E-state index in [0.717, 1.165) is 24.3 Å². The summed E-state index contributed by atoms with van der Waals surface area (Å²) in [6.45, 7) is 0.753. The summed E-state index contributed by atoms with van der Waals surface area (Å²) in [6.07, 6.45) is 15.0. The average Bonchev–Trinajstić information content (AvgIpc) is 2.87. The average molecular weight is 263 g/mol. The van der Waals surface area contributed by atoms with Crippen LogP contribution in [0.1, 0.15) is 64.2 Å². The van der Waals surface area contributed by atoms with Gasteiger partial charge in [0, 0.05) is 6.54 Å². The minimum Gasteiger partial charge on any atom is -0.373 e. The van der Waals surface area contributed by atoms with Crippen molar-refractivity contribution in [2.75, 3.05) is 6.54 Å². The highest BCUT2D eigenvalue weighted by molar-refractivity contribution is 5.05. The Kier molecular flexibility index (Phi) is 3.15. The number of rotatable bonds is 4. The monoisotopic (exact) mass is 263 g/mol. The lowest BCUT2D eigenvalue weighted by molar-refractivity contribution is -0.155. The lowest BCUT2D eigenvalue weighted by Gasteiger charge is -2.59. The standard InChI is InChI=1S/C17H29NO/c18-11-16(19-15-3-1-2-4-15)17-8-12-5-13(9-17)7-14(6-12)10-17/h12-16H,1-11,18H2. The third-order valence-corrected chi connectivity index (χ3v) is 6.64. The van der Waals surface area contributed by atoms with E-state index in [2.05, 4.69) is 0 Å². The fraction of sp³-hybridized carbons (Fsp3) is 1.00. The Bertz CT molecular complexity index is 299. The maximum atomic E-state index is 6.52. The second-order valence-electron chi connectivity index (χ2n) is 8.05. The molecule has 5 saturated carbocycles. The van der Waals surface area contributed by atoms with Gasteiger partial charge in [-0.3, -0.25) is 0 Å². The van der Waals surface area contributed by atoms with Gasteiger partial charge < -0.3 is 10.5 Å². The van der Waals surface area contributed by atoms with Gasteiger partial charge in [-0.05, 0) is 74.5 Å². The van der Waals surface area contributed by atoms with Gasteiger partial charge in [-0.1, -0.05) is 12.8 Å². The van der Waals surface area contributed by atoms with Crippen LogP contribution in [-0.4, -0.2) is 18.8 Å². The van der Waals surface area contributed by atoms with Crippen molar-refractivity contribution in [2.24, 2.45) is 28.9 Å². The van der Waals surface area contributed by atoms with Crippen molar-refractivity contribution in [3.05, 3.63) is 0 Å². The number of ether oxygens (including phenoxy) is 1. The molecule has 0 aromatic heterocycles. The van der Waals surface area contributed by atoms with Crippen LogP contribution in [0.25, 0.3) is 0 Å². The summed E-state index contributed by atoms with van der Waals surface area (Å²) in [5.74, 6) is 3.02. The van der Waals surface area contributed by atoms with Gasteiger partial charge in [0.25, 0.3) is 0 Å². The molecule has 0 saturated heterocycles. The fourth-order valence-corrected chi connectivity index (χ4v) is 6.28. The van der Waals surface area contributed by atoms with Crippen molar-refractivity contribution in [3.63, 3.8) is 0 Å². The molecule has 2 N–H and O–H groups in total. The van der Waals surface area contributed by atoms with Crippen LogP contribution in [0.3, 0.4) is 0 Å². The van der Waals surface area contributed by atoms with Crippen molar-refractivity contribution in [3.8, 4) is 0 Å². The lowest BCUT2D eigenvalue weighted by Crippen LogP contribution is -2.55. The van der Waals surface area contributed by atoms with E-state index in [1.54, 1.807) is 0 Å². The van der Waals surface area contributed by atoms with Crippen LogP contribution >= 0.6 is 0 Å². The molecule has 0 radical (unpaired) electrons. The SMILES string of the molecule is NCC(OC1CCCC1)C12CC3CC(CC(C3)C1)C2. The summed E-state index contributed by atoms with van der Waals surface area (Å²) in [5.41, 5.74) is 6.63. The van der Waals surface area contributed by atoms with Crippen LogP contribution < -0.4 is 5.73 Å². The maximum Gasteiger partial charge on any atom is 0.0757 e. The van der Waals surface area contributed by atoms with Gasteiger partial charge in [0.2, 0.25) is 0 Å². The van der Waals surface area contributed by atoms with Gasteiger partial charge in [0.05, 0.1) is 12.2 Å². The smallest absolute Gasteiger partial charge is 0.0757 e. The Labute approximate surface area is 117 Å². The molecule has 19 heavy (non-hydrogen) atoms. The Morgan fingerprint density at radius 1 is 0.947 bits per heavy atom. The second-order valence-corrected chi connectivity index (χ2v) is 8.05. The molecule has 0 aromatic rings. The van der Waals surface area contributed by atoms with Crippen molar-refractivity contribution < 1.29 is 4.74 Å². The first-order valence-corrected chi connectivity index (χ1v) is 8.63. The highest BCUT2D eigenvalue weighted by Gasteiger charge is 2.54. The summed E-state index contributed by atoms with van der Waals surface area (Å²) >= 11 is 0. The lowest BCUT2D eigenvalue weighted by atomic mass is 9.48. The zero-order valence-corrected chi connectivity index (χ0v) is 12.2. The first kappa shape index (κ1) is 12.6. The van der Waals surface area contributed by atoms with Gasteiger partial charge in [-0.2, -0.15) is 0 Å². The van der Waals surface area contributed by atoms with Crippen molar-refractivity contribution in [1.29, 1.82) is 0 Å². The molecule has 1 unspecified atom stereocenters. The van der Waals surface area contributed by atoms with Gasteiger partial charge >= 0.3 is 0 Å². The molecule has 0 spiro atoms. The first-order valence-electron chi connectivity index (χ1n) is 8.63. The molecule has 2 heteroatoms. The van der Waals surface area contributed by atoms with Crippen LogP contribution in [-0.2, 0) is 4.74 Å². The largest absolute Gasteiger partial charge is 0.373 e. The predicted octanol–water partition coefficient (Wildman–Crippen LogP) is 3.49. The molecule has 2 nitrogen and oxygen atoms in total. The van der Waals surface area contributed by atoms with Gasteiger partial charge in [-0.15, -0.1) is 0 Å². The predicted molar refractivity (Wildman–Crippen MR) is 76.8 cm³/mol. The maximum absolute atomic E-state index is 6.52. The normalized spacial score (nSPS) is 46.9. The van der Waals surface area contributed by atoms with Gasteiger partial charge in [0.1, 0.15) is 0 Å². The number of hydrogen-bond donors (Lipinski definition) is 1. The molecular weight excluding hydrogens is 234 g/mol. The molecule has 5 aliphatic carbocycles. The van der Waals surface area contributed by atoms with Gasteiger partial charge in [0.15, 0.2) is 0 Å². The Morgan fingerprint density at radius 3 is 1.95 bits per heavy atom. The molecule has 4 bridgehead atoms. The quantitative estimate of drug-likeness (QED) is 0.842. The number of nitrogens with two attached hydrogens (primary N) is 1. The van der Waals surface area contributed by atoms with E-state index >= 15 is 0 Å². The van der Waals surface area contributed by atoms with Crippen molar-refractivity contribution >= 4 is 0 Å². The van der Waals surface area contributed by atoms with E-state index in [-0.39, 0.29) is 0 Å². The summed E-state index contributed by atoms with van der Waals surface area (Å²) in [5, 5.41) is 0. The molecule has 1 atom stereocenters. The molecular formula is C17H29NO. The molecule has 0 heterocycles. The number of hydrogen-bond acceptors (Lipinski definition) is 2. The minimum absolute atomic E-state index is 0.365. The summed E-state index contributed by atoms with van der Waals surface area (Å²) < 4.78 is 6.52. The molecule has 5 rings (SSSR count). The zero-order chi connectivity index (χ0) is 12.9. The summed E-state index contributed by atoms with van der Waals surface area (Å²) in [6, 6.07) is 0. The third kappa shape index (κ3) is 2.15. The van der Waals surface area contributed by atoms with Crippen molar-refractivity contribution in [1.82, 2.24) is 0 Å². The first-order chi connectivity index (χ1) is 9.27. The molecule has 5 fully saturated rings. The molecule has 0 aromatic carbocycles. The van der Waals surface area contributed by atoms with Gasteiger partial charge in [-0.25, -0.2) is 0 Å². The van der Waals surface area contributed by atoms with Crippen LogP contribution in [0.15, 0.2) is 0 Å². The van der Waals surface area contributed by atoms with Crippen molar-refractivity contribution in [2.45, 2.75) is 76.4 Å². The van der Waals surface area contributed by atoms with E-state index in [9.17, 15) is 0 Å².